The van der Waals surface area contributed by atoms with Crippen LogP contribution in [-0.2, 0) is 0 Å². The summed E-state index contributed by atoms with van der Waals surface area (Å²) >= 11 is 3.46. The predicted octanol–water partition coefficient (Wildman–Crippen LogP) is 5.07. The third-order valence-corrected chi connectivity index (χ3v) is 4.47. The number of phenolic OH excluding ortho intramolecular Hbond substituents is 1. The molecule has 1 unspecified atom stereocenters. The first-order valence-electron chi connectivity index (χ1n) is 7.23. The first-order chi connectivity index (χ1) is 10.6. The second-order valence-corrected chi connectivity index (χ2v) is 6.42. The number of fused-ring (bicyclic) bond motifs is 1. The van der Waals surface area contributed by atoms with Gasteiger partial charge in [-0.3, -0.25) is 0 Å². The minimum Gasteiger partial charge on any atom is -0.507 e. The van der Waals surface area contributed by atoms with Gasteiger partial charge in [0.15, 0.2) is 0 Å². The van der Waals surface area contributed by atoms with Crippen LogP contribution in [0.5, 0.6) is 5.75 Å². The van der Waals surface area contributed by atoms with Crippen LogP contribution in [0.25, 0.3) is 21.9 Å². The molecule has 0 bridgehead atoms. The van der Waals surface area contributed by atoms with Crippen LogP contribution in [0.3, 0.4) is 0 Å². The van der Waals surface area contributed by atoms with E-state index in [0.29, 0.717) is 0 Å². The molecule has 0 aliphatic heterocycles. The van der Waals surface area contributed by atoms with E-state index in [1.807, 2.05) is 43.3 Å². The molecule has 0 spiro atoms. The molecule has 1 atom stereocenters. The zero-order valence-corrected chi connectivity index (χ0v) is 13.8. The molecule has 2 nitrogen and oxygen atoms in total. The van der Waals surface area contributed by atoms with E-state index in [0.717, 1.165) is 31.9 Å². The smallest absolute Gasteiger partial charge is 0.123 e. The van der Waals surface area contributed by atoms with Crippen molar-refractivity contribution in [3.8, 4) is 16.9 Å². The first-order valence-corrected chi connectivity index (χ1v) is 8.02. The van der Waals surface area contributed by atoms with Crippen LogP contribution in [-0.4, -0.2) is 16.8 Å². The normalized spacial score (nSPS) is 12.5. The third-order valence-electron chi connectivity index (χ3n) is 3.98. The maximum atomic E-state index is 10.4. The van der Waals surface area contributed by atoms with E-state index in [-0.39, 0.29) is 18.3 Å². The summed E-state index contributed by atoms with van der Waals surface area (Å²) in [5, 5.41) is 21.8. The molecule has 0 saturated heterocycles. The van der Waals surface area contributed by atoms with Crippen LogP contribution in [0.1, 0.15) is 18.4 Å². The maximum absolute atomic E-state index is 10.4. The second-order valence-electron chi connectivity index (χ2n) is 5.50. The number of aliphatic hydroxyl groups excluding tert-OH is 1. The van der Waals surface area contributed by atoms with Gasteiger partial charge in [-0.25, -0.2) is 0 Å². The van der Waals surface area contributed by atoms with Gasteiger partial charge >= 0.3 is 0 Å². The highest BCUT2D eigenvalue weighted by Crippen LogP contribution is 2.41. The molecule has 22 heavy (non-hydrogen) atoms. The summed E-state index contributed by atoms with van der Waals surface area (Å²) in [5.74, 6) is 0.195. The van der Waals surface area contributed by atoms with Crippen molar-refractivity contribution >= 4 is 26.7 Å². The zero-order valence-electron chi connectivity index (χ0n) is 12.3. The lowest BCUT2D eigenvalue weighted by Crippen LogP contribution is -2.02. The SMILES string of the molecule is CC(CO)c1cc(O)c2cc(Br)ccc2c1-c1ccccc1. The standard InChI is InChI=1S/C19H17BrO2/c1-12(11-21)16-10-18(22)17-9-14(20)7-8-15(17)19(16)13-5-3-2-4-6-13/h2-10,12,21-22H,11H2,1H3. The zero-order chi connectivity index (χ0) is 15.7. The average molecular weight is 357 g/mol. The fraction of sp³-hybridized carbons (Fsp3) is 0.158. The van der Waals surface area contributed by atoms with Gasteiger partial charge in [0.05, 0.1) is 0 Å². The molecule has 112 valence electrons. The van der Waals surface area contributed by atoms with Crippen LogP contribution in [0.15, 0.2) is 59.1 Å². The summed E-state index contributed by atoms with van der Waals surface area (Å²) in [7, 11) is 0. The van der Waals surface area contributed by atoms with Crippen molar-refractivity contribution in [1.82, 2.24) is 0 Å². The number of aliphatic hydroxyl groups is 1. The van der Waals surface area contributed by atoms with E-state index in [4.69, 9.17) is 0 Å². The van der Waals surface area contributed by atoms with Gasteiger partial charge in [0.1, 0.15) is 5.75 Å². The number of rotatable bonds is 3. The van der Waals surface area contributed by atoms with Crippen molar-refractivity contribution in [2.24, 2.45) is 0 Å². The summed E-state index contributed by atoms with van der Waals surface area (Å²) in [5.41, 5.74) is 3.12. The van der Waals surface area contributed by atoms with Gasteiger partial charge in [-0.15, -0.1) is 0 Å². The molecule has 3 aromatic rings. The summed E-state index contributed by atoms with van der Waals surface area (Å²) < 4.78 is 0.928. The lowest BCUT2D eigenvalue weighted by atomic mass is 9.87. The monoisotopic (exact) mass is 356 g/mol. The molecule has 0 aliphatic rings. The van der Waals surface area contributed by atoms with Crippen LogP contribution >= 0.6 is 15.9 Å². The van der Waals surface area contributed by atoms with Crippen LogP contribution < -0.4 is 0 Å². The van der Waals surface area contributed by atoms with Gasteiger partial charge in [-0.05, 0) is 40.3 Å². The Morgan fingerprint density at radius 3 is 2.41 bits per heavy atom. The summed E-state index contributed by atoms with van der Waals surface area (Å²) in [6.07, 6.45) is 0. The Balaban J connectivity index is 2.41. The van der Waals surface area contributed by atoms with E-state index >= 15 is 0 Å². The molecule has 3 heteroatoms. The van der Waals surface area contributed by atoms with Crippen molar-refractivity contribution < 1.29 is 10.2 Å². The number of hydrogen-bond donors (Lipinski definition) is 2. The van der Waals surface area contributed by atoms with Gasteiger partial charge in [0.25, 0.3) is 0 Å². The molecule has 0 aromatic heterocycles. The van der Waals surface area contributed by atoms with E-state index in [9.17, 15) is 10.2 Å². The van der Waals surface area contributed by atoms with E-state index in [1.54, 1.807) is 6.07 Å². The molecule has 0 radical (unpaired) electrons. The Morgan fingerprint density at radius 1 is 1.00 bits per heavy atom. The molecule has 0 aliphatic carbocycles. The maximum Gasteiger partial charge on any atom is 0.123 e. The number of aromatic hydroxyl groups is 1. The van der Waals surface area contributed by atoms with Crippen LogP contribution in [0.4, 0.5) is 0 Å². The van der Waals surface area contributed by atoms with Crippen molar-refractivity contribution in [3.63, 3.8) is 0 Å². The summed E-state index contributed by atoms with van der Waals surface area (Å²) in [6.45, 7) is 2.01. The van der Waals surface area contributed by atoms with Gasteiger partial charge in [0.2, 0.25) is 0 Å². The molecular formula is C19H17BrO2. The van der Waals surface area contributed by atoms with E-state index in [2.05, 4.69) is 28.1 Å². The minimum absolute atomic E-state index is 0.0430. The lowest BCUT2D eigenvalue weighted by molar-refractivity contribution is 0.273. The Kier molecular flexibility index (Phi) is 4.19. The quantitative estimate of drug-likeness (QED) is 0.687. The largest absolute Gasteiger partial charge is 0.507 e. The molecular weight excluding hydrogens is 340 g/mol. The Morgan fingerprint density at radius 2 is 1.73 bits per heavy atom. The van der Waals surface area contributed by atoms with Gasteiger partial charge in [-0.2, -0.15) is 0 Å². The van der Waals surface area contributed by atoms with Crippen molar-refractivity contribution in [1.29, 1.82) is 0 Å². The van der Waals surface area contributed by atoms with Gasteiger partial charge < -0.3 is 10.2 Å². The highest BCUT2D eigenvalue weighted by Gasteiger charge is 2.17. The average Bonchev–Trinajstić information content (AvgIpc) is 2.55. The van der Waals surface area contributed by atoms with Gasteiger partial charge in [0, 0.05) is 22.4 Å². The van der Waals surface area contributed by atoms with Crippen molar-refractivity contribution in [2.45, 2.75) is 12.8 Å². The number of hydrogen-bond acceptors (Lipinski definition) is 2. The fourth-order valence-corrected chi connectivity index (χ4v) is 3.17. The molecule has 0 amide bonds. The van der Waals surface area contributed by atoms with Crippen molar-refractivity contribution in [2.75, 3.05) is 6.61 Å². The number of halogens is 1. The first kappa shape index (κ1) is 15.1. The Hall–Kier alpha value is -1.84. The number of phenols is 1. The van der Waals surface area contributed by atoms with Gasteiger partial charge in [-0.1, -0.05) is 59.3 Å². The highest BCUT2D eigenvalue weighted by atomic mass is 79.9. The fourth-order valence-electron chi connectivity index (χ4n) is 2.81. The topological polar surface area (TPSA) is 40.5 Å². The lowest BCUT2D eigenvalue weighted by Gasteiger charge is -2.19. The van der Waals surface area contributed by atoms with Crippen LogP contribution in [0, 0.1) is 0 Å². The van der Waals surface area contributed by atoms with E-state index in [1.165, 1.54) is 0 Å². The molecule has 0 saturated carbocycles. The minimum atomic E-state index is -0.0471. The van der Waals surface area contributed by atoms with Crippen molar-refractivity contribution in [3.05, 3.63) is 64.6 Å². The molecule has 0 heterocycles. The molecule has 3 aromatic carbocycles. The molecule has 2 N–H and O–H groups in total. The number of benzene rings is 3. The Bertz CT molecular complexity index is 813. The van der Waals surface area contributed by atoms with Crippen LogP contribution in [0.2, 0.25) is 0 Å². The third kappa shape index (κ3) is 2.62. The van der Waals surface area contributed by atoms with E-state index < -0.39 is 0 Å². The summed E-state index contributed by atoms with van der Waals surface area (Å²) in [4.78, 5) is 0. The molecule has 3 rings (SSSR count). The Labute approximate surface area is 138 Å². The molecule has 0 fully saturated rings. The second kappa shape index (κ2) is 6.11. The predicted molar refractivity (Wildman–Crippen MR) is 94.2 cm³/mol. The highest BCUT2D eigenvalue weighted by molar-refractivity contribution is 9.10. The summed E-state index contributed by atoms with van der Waals surface area (Å²) in [6, 6.07) is 17.8.